The van der Waals surface area contributed by atoms with Crippen molar-refractivity contribution in [1.29, 1.82) is 0 Å². The zero-order valence-electron chi connectivity index (χ0n) is 17.5. The van der Waals surface area contributed by atoms with Gasteiger partial charge < -0.3 is 9.84 Å². The van der Waals surface area contributed by atoms with Crippen molar-refractivity contribution in [3.8, 4) is 11.5 Å². The van der Waals surface area contributed by atoms with Crippen LogP contribution in [0.4, 0.5) is 5.69 Å². The molecule has 0 radical (unpaired) electrons. The van der Waals surface area contributed by atoms with Crippen LogP contribution < -0.4 is 4.74 Å². The first-order valence-electron chi connectivity index (χ1n) is 9.87. The Bertz CT molecular complexity index is 1000. The molecule has 0 unspecified atom stereocenters. The number of hydrogen-bond donors (Lipinski definition) is 1. The Hall–Kier alpha value is -2.25. The summed E-state index contributed by atoms with van der Waals surface area (Å²) in [6.07, 6.45) is 2.64. The number of phenols is 1. The fraction of sp³-hybridized carbons (Fsp3) is 0.304. The van der Waals surface area contributed by atoms with Gasteiger partial charge in [-0.25, -0.2) is 4.99 Å². The number of carbonyl (C=O) groups is 1. The van der Waals surface area contributed by atoms with Crippen molar-refractivity contribution in [2.45, 2.75) is 40.2 Å². The molecule has 3 rings (SSSR count). The largest absolute Gasteiger partial charge is 0.503 e. The smallest absolute Gasteiger partial charge is 0.266 e. The van der Waals surface area contributed by atoms with E-state index >= 15 is 0 Å². The van der Waals surface area contributed by atoms with Gasteiger partial charge >= 0.3 is 0 Å². The van der Waals surface area contributed by atoms with E-state index in [-0.39, 0.29) is 17.7 Å². The third-order valence-corrected chi connectivity index (χ3v) is 6.36. The Morgan fingerprint density at radius 1 is 1.27 bits per heavy atom. The zero-order valence-corrected chi connectivity index (χ0v) is 19.9. The van der Waals surface area contributed by atoms with Crippen LogP contribution in [-0.4, -0.2) is 33.7 Å². The highest BCUT2D eigenvalue weighted by atomic mass is 79.9. The van der Waals surface area contributed by atoms with Crippen LogP contribution in [0, 0.1) is 6.92 Å². The van der Waals surface area contributed by atoms with Crippen molar-refractivity contribution in [2.24, 2.45) is 4.99 Å². The number of phenolic OH excluding ortho intramolecular Hbond substituents is 1. The number of rotatable bonds is 6. The zero-order chi connectivity index (χ0) is 21.8. The van der Waals surface area contributed by atoms with Crippen molar-refractivity contribution in [2.75, 3.05) is 6.61 Å². The van der Waals surface area contributed by atoms with E-state index in [2.05, 4.69) is 22.9 Å². The van der Waals surface area contributed by atoms with Crippen LogP contribution in [0.1, 0.15) is 38.3 Å². The molecule has 1 amide bonds. The number of carbonyl (C=O) groups excluding carboxylic acids is 1. The van der Waals surface area contributed by atoms with Gasteiger partial charge in [-0.2, -0.15) is 0 Å². The van der Waals surface area contributed by atoms with E-state index in [4.69, 9.17) is 9.73 Å². The second-order valence-electron chi connectivity index (χ2n) is 7.06. The molecular formula is C23H25BrN2O3S. The highest BCUT2D eigenvalue weighted by molar-refractivity contribution is 9.10. The molecule has 2 aromatic carbocycles. The molecule has 0 aromatic heterocycles. The topological polar surface area (TPSA) is 62.1 Å². The highest BCUT2D eigenvalue weighted by Gasteiger charge is 2.36. The summed E-state index contributed by atoms with van der Waals surface area (Å²) in [7, 11) is 0. The lowest BCUT2D eigenvalue weighted by Gasteiger charge is -2.22. The van der Waals surface area contributed by atoms with Crippen LogP contribution in [-0.2, 0) is 4.79 Å². The standard InChI is InChI=1S/C23H25BrN2O3S/c1-5-15(4)26-22(28)20(30-23(26)25-17-9-7-14(3)8-10-17)13-16-11-18(24)21(27)19(12-16)29-6-2/h7-13,15,27H,5-6H2,1-4H3/b20-13+,25-23?/t15-/m0/s1. The van der Waals surface area contributed by atoms with E-state index in [0.29, 0.717) is 26.9 Å². The van der Waals surface area contributed by atoms with E-state index in [0.717, 1.165) is 23.2 Å². The number of nitrogens with zero attached hydrogens (tertiary/aromatic N) is 2. The number of amides is 1. The lowest BCUT2D eigenvalue weighted by Crippen LogP contribution is -2.36. The molecule has 1 aliphatic heterocycles. The predicted octanol–water partition coefficient (Wildman–Crippen LogP) is 6.26. The summed E-state index contributed by atoms with van der Waals surface area (Å²) < 4.78 is 6.02. The summed E-state index contributed by atoms with van der Waals surface area (Å²) in [5.74, 6) is 0.358. The molecule has 1 heterocycles. The molecule has 0 aliphatic carbocycles. The van der Waals surface area contributed by atoms with Crippen molar-refractivity contribution < 1.29 is 14.6 Å². The first kappa shape index (κ1) is 22.4. The average Bonchev–Trinajstić information content (AvgIpc) is 3.02. The maximum absolute atomic E-state index is 13.2. The Kier molecular flexibility index (Phi) is 7.26. The average molecular weight is 489 g/mol. The molecule has 1 saturated heterocycles. The molecule has 2 aromatic rings. The van der Waals surface area contributed by atoms with E-state index in [1.54, 1.807) is 17.0 Å². The molecule has 0 saturated carbocycles. The Balaban J connectivity index is 2.00. The fourth-order valence-electron chi connectivity index (χ4n) is 2.96. The van der Waals surface area contributed by atoms with Crippen LogP contribution in [0.5, 0.6) is 11.5 Å². The van der Waals surface area contributed by atoms with Gasteiger partial charge in [-0.1, -0.05) is 24.6 Å². The highest BCUT2D eigenvalue weighted by Crippen LogP contribution is 2.39. The first-order valence-corrected chi connectivity index (χ1v) is 11.5. The van der Waals surface area contributed by atoms with Gasteiger partial charge in [0, 0.05) is 6.04 Å². The Morgan fingerprint density at radius 3 is 2.60 bits per heavy atom. The van der Waals surface area contributed by atoms with E-state index in [9.17, 15) is 9.90 Å². The van der Waals surface area contributed by atoms with Crippen molar-refractivity contribution in [1.82, 2.24) is 4.90 Å². The second kappa shape index (κ2) is 9.71. The van der Waals surface area contributed by atoms with E-state index in [1.807, 2.05) is 51.1 Å². The van der Waals surface area contributed by atoms with Crippen molar-refractivity contribution in [3.05, 3.63) is 56.9 Å². The monoisotopic (exact) mass is 488 g/mol. The van der Waals surface area contributed by atoms with Crippen LogP contribution in [0.15, 0.2) is 50.8 Å². The van der Waals surface area contributed by atoms with Crippen LogP contribution in [0.2, 0.25) is 0 Å². The molecule has 1 fully saturated rings. The second-order valence-corrected chi connectivity index (χ2v) is 8.92. The molecule has 1 N–H and O–H groups in total. The third kappa shape index (κ3) is 4.90. The number of aromatic hydroxyl groups is 1. The molecule has 158 valence electrons. The number of benzene rings is 2. The molecule has 0 spiro atoms. The SMILES string of the molecule is CCOc1cc(/C=C2/SC(=Nc3ccc(C)cc3)N([C@@H](C)CC)C2=O)cc(Br)c1O. The third-order valence-electron chi connectivity index (χ3n) is 4.78. The minimum Gasteiger partial charge on any atom is -0.503 e. The minimum atomic E-state index is -0.0673. The Labute approximate surface area is 190 Å². The lowest BCUT2D eigenvalue weighted by atomic mass is 10.1. The summed E-state index contributed by atoms with van der Waals surface area (Å²) in [6, 6.07) is 11.5. The molecule has 0 bridgehead atoms. The summed E-state index contributed by atoms with van der Waals surface area (Å²) in [6.45, 7) is 8.40. The van der Waals surface area contributed by atoms with Gasteiger partial charge in [0.1, 0.15) is 0 Å². The molecule has 30 heavy (non-hydrogen) atoms. The van der Waals surface area contributed by atoms with Gasteiger partial charge in [0.05, 0.1) is 21.7 Å². The lowest BCUT2D eigenvalue weighted by molar-refractivity contribution is -0.123. The number of hydrogen-bond acceptors (Lipinski definition) is 5. The molecule has 1 atom stereocenters. The van der Waals surface area contributed by atoms with Gasteiger partial charge in [-0.15, -0.1) is 0 Å². The summed E-state index contributed by atoms with van der Waals surface area (Å²) in [5, 5.41) is 10.8. The number of aryl methyl sites for hydroxylation is 1. The van der Waals surface area contributed by atoms with Crippen LogP contribution in [0.25, 0.3) is 6.08 Å². The van der Waals surface area contributed by atoms with E-state index < -0.39 is 0 Å². The summed E-state index contributed by atoms with van der Waals surface area (Å²) in [4.78, 5) is 20.3. The minimum absolute atomic E-state index is 0.0330. The van der Waals surface area contributed by atoms with Crippen LogP contribution in [0.3, 0.4) is 0 Å². The maximum Gasteiger partial charge on any atom is 0.266 e. The molecular weight excluding hydrogens is 464 g/mol. The normalized spacial score (nSPS) is 17.8. The molecule has 5 nitrogen and oxygen atoms in total. The number of amidine groups is 1. The number of halogens is 1. The van der Waals surface area contributed by atoms with E-state index in [1.165, 1.54) is 11.8 Å². The maximum atomic E-state index is 13.2. The quantitative estimate of drug-likeness (QED) is 0.487. The van der Waals surface area contributed by atoms with Gasteiger partial charge in [-0.3, -0.25) is 9.69 Å². The fourth-order valence-corrected chi connectivity index (χ4v) is 4.51. The Morgan fingerprint density at radius 2 is 1.97 bits per heavy atom. The molecule has 1 aliphatic rings. The van der Waals surface area contributed by atoms with Gasteiger partial charge in [0.25, 0.3) is 5.91 Å². The van der Waals surface area contributed by atoms with Crippen LogP contribution >= 0.6 is 27.7 Å². The predicted molar refractivity (Wildman–Crippen MR) is 127 cm³/mol. The number of ether oxygens (including phenoxy) is 1. The van der Waals surface area contributed by atoms with Gasteiger partial charge in [0.2, 0.25) is 0 Å². The van der Waals surface area contributed by atoms with Crippen molar-refractivity contribution >= 4 is 50.5 Å². The van der Waals surface area contributed by atoms with Gasteiger partial charge in [-0.05, 0) is 90.8 Å². The number of aliphatic imine (C=N–C) groups is 1. The molecule has 7 heteroatoms. The van der Waals surface area contributed by atoms with Crippen molar-refractivity contribution in [3.63, 3.8) is 0 Å². The summed E-state index contributed by atoms with van der Waals surface area (Å²) >= 11 is 4.72. The van der Waals surface area contributed by atoms with Gasteiger partial charge in [0.15, 0.2) is 16.7 Å². The first-order chi connectivity index (χ1) is 14.3. The summed E-state index contributed by atoms with van der Waals surface area (Å²) in [5.41, 5.74) is 2.74. The number of thioether (sulfide) groups is 1.